The van der Waals surface area contributed by atoms with Gasteiger partial charge in [-0.2, -0.15) is 0 Å². The zero-order valence-corrected chi connectivity index (χ0v) is 20.5. The number of hydrogen-bond acceptors (Lipinski definition) is 7. The van der Waals surface area contributed by atoms with E-state index in [1.807, 2.05) is 34.6 Å². The molecule has 13 nitrogen and oxygen atoms in total. The van der Waals surface area contributed by atoms with Crippen LogP contribution in [0.2, 0.25) is 0 Å². The van der Waals surface area contributed by atoms with E-state index in [-0.39, 0.29) is 11.5 Å². The van der Waals surface area contributed by atoms with Gasteiger partial charge in [0.05, 0.1) is 12.6 Å². The lowest BCUT2D eigenvalue weighted by atomic mass is 10.2. The first-order chi connectivity index (χ1) is 17.7. The Morgan fingerprint density at radius 3 is 2.57 bits per heavy atom. The van der Waals surface area contributed by atoms with Gasteiger partial charge in [-0.15, -0.1) is 0 Å². The average Bonchev–Trinajstić information content (AvgIpc) is 3.33. The maximum atomic E-state index is 12.8. The fourth-order valence-electron chi connectivity index (χ4n) is 3.51. The number of nitrogens with zero attached hydrogens (tertiary/aromatic N) is 1. The summed E-state index contributed by atoms with van der Waals surface area (Å²) in [5.41, 5.74) is 10.2. The van der Waals surface area contributed by atoms with E-state index in [1.165, 1.54) is 24.1 Å². The van der Waals surface area contributed by atoms with E-state index in [4.69, 9.17) is 11.1 Å². The summed E-state index contributed by atoms with van der Waals surface area (Å²) >= 11 is 1.44. The molecule has 0 radical (unpaired) electrons. The van der Waals surface area contributed by atoms with E-state index < -0.39 is 42.4 Å². The third-order valence-electron chi connectivity index (χ3n) is 5.25. The van der Waals surface area contributed by atoms with Gasteiger partial charge >= 0.3 is 12.0 Å². The van der Waals surface area contributed by atoms with Crippen molar-refractivity contribution in [2.45, 2.75) is 29.8 Å². The number of urea groups is 1. The summed E-state index contributed by atoms with van der Waals surface area (Å²) in [6.07, 6.45) is 1.38. The molecule has 1 heterocycles. The summed E-state index contributed by atoms with van der Waals surface area (Å²) < 4.78 is 1.92. The van der Waals surface area contributed by atoms with Gasteiger partial charge in [0, 0.05) is 22.7 Å². The number of carboxylic acid groups (broad SMARTS) is 1. The molecular weight excluding hydrogens is 500 g/mol. The maximum absolute atomic E-state index is 12.8. The molecule has 2 aromatic rings. The van der Waals surface area contributed by atoms with Crippen LogP contribution in [-0.4, -0.2) is 64.4 Å². The largest absolute Gasteiger partial charge is 0.480 e. The minimum atomic E-state index is -1.37. The normalized spacial score (nSPS) is 15.7. The summed E-state index contributed by atoms with van der Waals surface area (Å²) in [4.78, 5) is 49.9. The van der Waals surface area contributed by atoms with Crippen LogP contribution in [0.5, 0.6) is 0 Å². The highest BCUT2D eigenvalue weighted by atomic mass is 32.2. The molecule has 0 aromatic heterocycles. The fraction of sp³-hybridized carbons (Fsp3) is 0.261. The molecule has 0 spiro atoms. The van der Waals surface area contributed by atoms with E-state index in [0.29, 0.717) is 18.7 Å². The molecule has 2 atom stereocenters. The van der Waals surface area contributed by atoms with Gasteiger partial charge in [0.1, 0.15) is 6.04 Å². The second-order valence-corrected chi connectivity index (χ2v) is 9.13. The molecule has 1 aliphatic rings. The number of carbonyl (C=O) groups is 4. The predicted octanol–water partition coefficient (Wildman–Crippen LogP) is 0.677. The third-order valence-corrected chi connectivity index (χ3v) is 6.40. The summed E-state index contributed by atoms with van der Waals surface area (Å²) in [6, 6.07) is 12.9. The van der Waals surface area contributed by atoms with Crippen molar-refractivity contribution < 1.29 is 24.3 Å². The maximum Gasteiger partial charge on any atom is 0.333 e. The molecule has 196 valence electrons. The van der Waals surface area contributed by atoms with Crippen molar-refractivity contribution in [2.75, 3.05) is 18.4 Å². The first-order valence-corrected chi connectivity index (χ1v) is 12.1. The standard InChI is InChI=1S/C23H28N8O5S/c24-22(25)27-15-7-4-6-14(12-15)19(32)29-30-23(36)26-13-17(21(34)35)28-20(33)18-10-5-11-31(18)37-16-8-2-1-3-9-16/h1-4,6-9,12,17-18H,5,10-11,13H2,(H,28,33)(H,29,32)(H,34,35)(H4,24,25,27)(H2,26,30,36)/t17-,18-/m0/s1. The van der Waals surface area contributed by atoms with Crippen molar-refractivity contribution in [1.29, 1.82) is 5.41 Å². The summed E-state index contributed by atoms with van der Waals surface area (Å²) in [6.45, 7) is 0.281. The minimum absolute atomic E-state index is 0.178. The number of amides is 4. The SMILES string of the molecule is N=C(N)Nc1cccc(C(=O)NNC(=O)NC[C@H](NC(=O)[C@@H]2CCCN2Sc2ccccc2)C(=O)O)c1. The predicted molar refractivity (Wildman–Crippen MR) is 138 cm³/mol. The number of anilines is 1. The number of carbonyl (C=O) groups excluding carboxylic acids is 3. The smallest absolute Gasteiger partial charge is 0.333 e. The van der Waals surface area contributed by atoms with Gasteiger partial charge in [0.2, 0.25) is 5.91 Å². The second-order valence-electron chi connectivity index (χ2n) is 8.01. The molecule has 4 amide bonds. The lowest BCUT2D eigenvalue weighted by Crippen LogP contribution is -2.55. The van der Waals surface area contributed by atoms with Gasteiger partial charge in [-0.3, -0.25) is 20.4 Å². The lowest BCUT2D eigenvalue weighted by Gasteiger charge is -2.24. The molecule has 0 saturated carbocycles. The topological polar surface area (TPSA) is 202 Å². The monoisotopic (exact) mass is 528 g/mol. The van der Waals surface area contributed by atoms with Gasteiger partial charge in [0.25, 0.3) is 5.91 Å². The number of carboxylic acids is 1. The number of nitrogens with two attached hydrogens (primary N) is 1. The van der Waals surface area contributed by atoms with Crippen molar-refractivity contribution >= 4 is 47.4 Å². The number of rotatable bonds is 9. The van der Waals surface area contributed by atoms with Crippen molar-refractivity contribution in [3.8, 4) is 0 Å². The molecule has 0 unspecified atom stereocenters. The number of nitrogens with one attached hydrogen (secondary N) is 6. The molecule has 1 aliphatic heterocycles. The van der Waals surface area contributed by atoms with Crippen LogP contribution in [0.15, 0.2) is 59.5 Å². The highest BCUT2D eigenvalue weighted by Crippen LogP contribution is 2.31. The van der Waals surface area contributed by atoms with Crippen molar-refractivity contribution in [3.63, 3.8) is 0 Å². The van der Waals surface area contributed by atoms with Gasteiger partial charge in [-0.1, -0.05) is 24.3 Å². The summed E-state index contributed by atoms with van der Waals surface area (Å²) in [7, 11) is 0. The first kappa shape index (κ1) is 27.3. The van der Waals surface area contributed by atoms with Gasteiger partial charge < -0.3 is 26.8 Å². The number of aliphatic carboxylic acids is 1. The Labute approximate surface area is 217 Å². The minimum Gasteiger partial charge on any atom is -0.480 e. The van der Waals surface area contributed by atoms with Crippen LogP contribution in [0, 0.1) is 5.41 Å². The number of hydrazine groups is 1. The highest BCUT2D eigenvalue weighted by molar-refractivity contribution is 7.97. The Bertz CT molecular complexity index is 1150. The van der Waals surface area contributed by atoms with Gasteiger partial charge in [-0.25, -0.2) is 19.3 Å². The molecule has 14 heteroatoms. The Kier molecular flexibility index (Phi) is 9.69. The van der Waals surface area contributed by atoms with Crippen LogP contribution < -0.4 is 32.5 Å². The zero-order chi connectivity index (χ0) is 26.8. The third kappa shape index (κ3) is 8.40. The van der Waals surface area contributed by atoms with Crippen LogP contribution in [0.1, 0.15) is 23.2 Å². The zero-order valence-electron chi connectivity index (χ0n) is 19.7. The molecule has 1 saturated heterocycles. The molecule has 3 rings (SSSR count). The summed E-state index contributed by atoms with van der Waals surface area (Å²) in [5, 5.41) is 24.1. The van der Waals surface area contributed by atoms with Crippen LogP contribution in [0.25, 0.3) is 0 Å². The van der Waals surface area contributed by atoms with E-state index >= 15 is 0 Å². The number of benzene rings is 2. The lowest BCUT2D eigenvalue weighted by molar-refractivity contribution is -0.142. The van der Waals surface area contributed by atoms with Crippen LogP contribution in [-0.2, 0) is 9.59 Å². The average molecular weight is 529 g/mol. The van der Waals surface area contributed by atoms with E-state index in [0.717, 1.165) is 11.3 Å². The quantitative estimate of drug-likeness (QED) is 0.0996. The van der Waals surface area contributed by atoms with E-state index in [9.17, 15) is 24.3 Å². The summed E-state index contributed by atoms with van der Waals surface area (Å²) in [5.74, 6) is -2.70. The Morgan fingerprint density at radius 1 is 1.11 bits per heavy atom. The van der Waals surface area contributed by atoms with E-state index in [2.05, 4.69) is 26.8 Å². The van der Waals surface area contributed by atoms with Crippen LogP contribution >= 0.6 is 11.9 Å². The Hall–Kier alpha value is -4.30. The highest BCUT2D eigenvalue weighted by Gasteiger charge is 2.34. The molecule has 0 bridgehead atoms. The molecule has 1 fully saturated rings. The van der Waals surface area contributed by atoms with Crippen molar-refractivity contribution in [2.24, 2.45) is 5.73 Å². The van der Waals surface area contributed by atoms with Crippen LogP contribution in [0.4, 0.5) is 10.5 Å². The number of guanidine groups is 1. The number of hydrogen-bond donors (Lipinski definition) is 8. The molecule has 0 aliphatic carbocycles. The fourth-order valence-corrected chi connectivity index (χ4v) is 4.61. The second kappa shape index (κ2) is 13.1. The molecular formula is C23H28N8O5S. The van der Waals surface area contributed by atoms with E-state index in [1.54, 1.807) is 12.1 Å². The Balaban J connectivity index is 1.47. The van der Waals surface area contributed by atoms with Gasteiger partial charge in [-0.05, 0) is 55.1 Å². The van der Waals surface area contributed by atoms with Crippen molar-refractivity contribution in [1.82, 2.24) is 25.8 Å². The molecule has 2 aromatic carbocycles. The van der Waals surface area contributed by atoms with Crippen molar-refractivity contribution in [3.05, 3.63) is 60.2 Å². The molecule has 9 N–H and O–H groups in total. The Morgan fingerprint density at radius 2 is 1.86 bits per heavy atom. The van der Waals surface area contributed by atoms with Crippen LogP contribution in [0.3, 0.4) is 0 Å². The van der Waals surface area contributed by atoms with Gasteiger partial charge in [0.15, 0.2) is 5.96 Å². The first-order valence-electron chi connectivity index (χ1n) is 11.3. The molecule has 37 heavy (non-hydrogen) atoms.